The fourth-order valence-corrected chi connectivity index (χ4v) is 1.39. The largest absolute Gasteiger partial charge is 0.396 e. The van der Waals surface area contributed by atoms with Gasteiger partial charge in [-0.1, -0.05) is 13.8 Å². The van der Waals surface area contributed by atoms with E-state index in [2.05, 4.69) is 19.2 Å². The van der Waals surface area contributed by atoms with Crippen LogP contribution in [0, 0.1) is 5.92 Å². The van der Waals surface area contributed by atoms with Crippen LogP contribution in [0.1, 0.15) is 13.8 Å². The van der Waals surface area contributed by atoms with Crippen molar-refractivity contribution in [1.82, 2.24) is 5.32 Å². The second kappa shape index (κ2) is 4.04. The van der Waals surface area contributed by atoms with Crippen molar-refractivity contribution in [1.29, 1.82) is 0 Å². The highest BCUT2D eigenvalue weighted by Crippen LogP contribution is 2.12. The van der Waals surface area contributed by atoms with Crippen LogP contribution in [0.3, 0.4) is 0 Å². The Labute approximate surface area is 67.7 Å². The maximum absolute atomic E-state index is 8.93. The molecule has 0 aromatic carbocycles. The molecule has 3 nitrogen and oxygen atoms in total. The summed E-state index contributed by atoms with van der Waals surface area (Å²) in [7, 11) is 0. The molecule has 0 spiro atoms. The van der Waals surface area contributed by atoms with E-state index in [9.17, 15) is 0 Å². The van der Waals surface area contributed by atoms with Gasteiger partial charge in [-0.2, -0.15) is 0 Å². The van der Waals surface area contributed by atoms with Crippen LogP contribution in [0.25, 0.3) is 0 Å². The molecule has 1 fully saturated rings. The highest BCUT2D eigenvalue weighted by atomic mass is 16.5. The van der Waals surface area contributed by atoms with Gasteiger partial charge in [0.05, 0.1) is 13.2 Å². The standard InChI is InChI=1S/C8H17NO2/c1-6(2)9-8-5-11-4-7(8)3-10/h6-10H,3-5H2,1-2H3. The van der Waals surface area contributed by atoms with E-state index < -0.39 is 0 Å². The van der Waals surface area contributed by atoms with Gasteiger partial charge in [-0.3, -0.25) is 0 Å². The molecule has 0 bridgehead atoms. The van der Waals surface area contributed by atoms with Gasteiger partial charge in [-0.05, 0) is 0 Å². The van der Waals surface area contributed by atoms with Crippen molar-refractivity contribution in [3.8, 4) is 0 Å². The van der Waals surface area contributed by atoms with Crippen molar-refractivity contribution in [2.24, 2.45) is 5.92 Å². The second-order valence-electron chi connectivity index (χ2n) is 3.41. The van der Waals surface area contributed by atoms with Crippen LogP contribution < -0.4 is 5.32 Å². The molecule has 66 valence electrons. The van der Waals surface area contributed by atoms with Gasteiger partial charge in [-0.15, -0.1) is 0 Å². The van der Waals surface area contributed by atoms with Crippen LogP contribution >= 0.6 is 0 Å². The lowest BCUT2D eigenvalue weighted by Gasteiger charge is -2.19. The summed E-state index contributed by atoms with van der Waals surface area (Å²) in [6.07, 6.45) is 0. The number of ether oxygens (including phenoxy) is 1. The van der Waals surface area contributed by atoms with E-state index in [-0.39, 0.29) is 12.5 Å². The average Bonchev–Trinajstić information content (AvgIpc) is 2.34. The number of hydrogen-bond donors (Lipinski definition) is 2. The van der Waals surface area contributed by atoms with Crippen LogP contribution in [0.15, 0.2) is 0 Å². The summed E-state index contributed by atoms with van der Waals surface area (Å²) in [6, 6.07) is 0.816. The van der Waals surface area contributed by atoms with E-state index >= 15 is 0 Å². The fraction of sp³-hybridized carbons (Fsp3) is 1.00. The second-order valence-corrected chi connectivity index (χ2v) is 3.41. The Morgan fingerprint density at radius 1 is 1.55 bits per heavy atom. The molecule has 0 aliphatic carbocycles. The van der Waals surface area contributed by atoms with Crippen molar-refractivity contribution >= 4 is 0 Å². The minimum Gasteiger partial charge on any atom is -0.396 e. The average molecular weight is 159 g/mol. The first-order valence-corrected chi connectivity index (χ1v) is 4.18. The van der Waals surface area contributed by atoms with E-state index in [0.29, 0.717) is 18.7 Å². The molecule has 0 aromatic heterocycles. The molecule has 0 saturated carbocycles. The maximum Gasteiger partial charge on any atom is 0.0624 e. The Morgan fingerprint density at radius 3 is 2.82 bits per heavy atom. The molecule has 3 heteroatoms. The van der Waals surface area contributed by atoms with Crippen LogP contribution in [-0.4, -0.2) is 37.0 Å². The summed E-state index contributed by atoms with van der Waals surface area (Å²) in [5, 5.41) is 12.3. The first kappa shape index (κ1) is 8.97. The SMILES string of the molecule is CC(C)NC1COCC1CO. The van der Waals surface area contributed by atoms with Gasteiger partial charge in [0, 0.05) is 24.6 Å². The Morgan fingerprint density at radius 2 is 2.27 bits per heavy atom. The zero-order valence-corrected chi connectivity index (χ0v) is 7.21. The van der Waals surface area contributed by atoms with Gasteiger partial charge in [0.15, 0.2) is 0 Å². The number of aliphatic hydroxyl groups is 1. The van der Waals surface area contributed by atoms with Crippen molar-refractivity contribution in [3.05, 3.63) is 0 Å². The Kier molecular flexibility index (Phi) is 3.30. The lowest BCUT2D eigenvalue weighted by molar-refractivity contribution is 0.160. The van der Waals surface area contributed by atoms with Crippen LogP contribution in [0.4, 0.5) is 0 Å². The quantitative estimate of drug-likeness (QED) is 0.608. The summed E-state index contributed by atoms with van der Waals surface area (Å²) in [5.41, 5.74) is 0. The summed E-state index contributed by atoms with van der Waals surface area (Å²) in [4.78, 5) is 0. The lowest BCUT2D eigenvalue weighted by Crippen LogP contribution is -2.41. The number of aliphatic hydroxyl groups excluding tert-OH is 1. The number of rotatable bonds is 3. The van der Waals surface area contributed by atoms with Gasteiger partial charge in [-0.25, -0.2) is 0 Å². The summed E-state index contributed by atoms with van der Waals surface area (Å²) in [5.74, 6) is 0.289. The molecule has 1 aliphatic rings. The molecule has 1 saturated heterocycles. The fourth-order valence-electron chi connectivity index (χ4n) is 1.39. The molecule has 2 N–H and O–H groups in total. The Balaban J connectivity index is 2.31. The third kappa shape index (κ3) is 2.43. The third-order valence-electron chi connectivity index (χ3n) is 1.98. The molecule has 2 atom stereocenters. The van der Waals surface area contributed by atoms with Gasteiger partial charge < -0.3 is 15.2 Å². The molecule has 1 heterocycles. The van der Waals surface area contributed by atoms with Crippen LogP contribution in [0.5, 0.6) is 0 Å². The first-order valence-electron chi connectivity index (χ1n) is 4.18. The summed E-state index contributed by atoms with van der Waals surface area (Å²) < 4.78 is 5.24. The molecule has 1 aliphatic heterocycles. The molecule has 0 aromatic rings. The minimum absolute atomic E-state index is 0.227. The molecular weight excluding hydrogens is 142 g/mol. The highest BCUT2D eigenvalue weighted by molar-refractivity contribution is 4.81. The van der Waals surface area contributed by atoms with Crippen molar-refractivity contribution < 1.29 is 9.84 Å². The van der Waals surface area contributed by atoms with E-state index in [0.717, 1.165) is 6.61 Å². The van der Waals surface area contributed by atoms with E-state index in [4.69, 9.17) is 9.84 Å². The van der Waals surface area contributed by atoms with E-state index in [1.54, 1.807) is 0 Å². The zero-order chi connectivity index (χ0) is 8.27. The van der Waals surface area contributed by atoms with Gasteiger partial charge in [0.1, 0.15) is 0 Å². The van der Waals surface area contributed by atoms with Crippen LogP contribution in [0.2, 0.25) is 0 Å². The zero-order valence-electron chi connectivity index (χ0n) is 7.21. The maximum atomic E-state index is 8.93. The molecule has 0 amide bonds. The monoisotopic (exact) mass is 159 g/mol. The van der Waals surface area contributed by atoms with Gasteiger partial charge in [0.25, 0.3) is 0 Å². The molecule has 0 radical (unpaired) electrons. The van der Waals surface area contributed by atoms with Gasteiger partial charge in [0.2, 0.25) is 0 Å². The smallest absolute Gasteiger partial charge is 0.0624 e. The van der Waals surface area contributed by atoms with Crippen molar-refractivity contribution in [2.45, 2.75) is 25.9 Å². The predicted molar refractivity (Wildman–Crippen MR) is 43.5 cm³/mol. The summed E-state index contributed by atoms with van der Waals surface area (Å²) in [6.45, 7) is 5.87. The highest BCUT2D eigenvalue weighted by Gasteiger charge is 2.27. The van der Waals surface area contributed by atoms with Crippen LogP contribution in [-0.2, 0) is 4.74 Å². The number of hydrogen-bond acceptors (Lipinski definition) is 3. The molecular formula is C8H17NO2. The van der Waals surface area contributed by atoms with Crippen molar-refractivity contribution in [3.63, 3.8) is 0 Å². The predicted octanol–water partition coefficient (Wildman–Crippen LogP) is -0.00830. The third-order valence-corrected chi connectivity index (χ3v) is 1.98. The number of nitrogens with one attached hydrogen (secondary N) is 1. The van der Waals surface area contributed by atoms with Crippen molar-refractivity contribution in [2.75, 3.05) is 19.8 Å². The topological polar surface area (TPSA) is 41.5 Å². The lowest BCUT2D eigenvalue weighted by atomic mass is 10.0. The molecule has 1 rings (SSSR count). The van der Waals surface area contributed by atoms with Gasteiger partial charge >= 0.3 is 0 Å². The first-order chi connectivity index (χ1) is 5.24. The minimum atomic E-state index is 0.227. The van der Waals surface area contributed by atoms with E-state index in [1.165, 1.54) is 0 Å². The molecule has 2 unspecified atom stereocenters. The summed E-state index contributed by atoms with van der Waals surface area (Å²) >= 11 is 0. The van der Waals surface area contributed by atoms with E-state index in [1.807, 2.05) is 0 Å². The molecule has 11 heavy (non-hydrogen) atoms. The normalized spacial score (nSPS) is 31.6. The Bertz CT molecular complexity index is 117. The Hall–Kier alpha value is -0.120.